The number of carbonyl (C=O) groups excluding carboxylic acids is 1. The van der Waals surface area contributed by atoms with Crippen molar-refractivity contribution in [1.29, 1.82) is 0 Å². The second-order valence-electron chi connectivity index (χ2n) is 7.79. The Kier molecular flexibility index (Phi) is 5.48. The van der Waals surface area contributed by atoms with Crippen LogP contribution in [0.15, 0.2) is 95.9 Å². The smallest absolute Gasteiger partial charge is 0.264 e. The Hall–Kier alpha value is -3.84. The lowest BCUT2D eigenvalue weighted by atomic mass is 10.1. The highest BCUT2D eigenvalue weighted by molar-refractivity contribution is 7.92. The average Bonchev–Trinajstić information content (AvgIpc) is 3.28. The van der Waals surface area contributed by atoms with Crippen LogP contribution >= 0.6 is 0 Å². The fourth-order valence-corrected chi connectivity index (χ4v) is 5.57. The lowest BCUT2D eigenvalue weighted by Gasteiger charge is -2.19. The lowest BCUT2D eigenvalue weighted by Crippen LogP contribution is -2.29. The molecule has 0 fully saturated rings. The van der Waals surface area contributed by atoms with Crippen molar-refractivity contribution in [2.75, 3.05) is 22.8 Å². The van der Waals surface area contributed by atoms with E-state index in [0.717, 1.165) is 22.0 Å². The predicted molar refractivity (Wildman–Crippen MR) is 129 cm³/mol. The number of carbonyl (C=O) groups is 1. The molecule has 0 saturated heterocycles. The van der Waals surface area contributed by atoms with Crippen LogP contribution in [-0.2, 0) is 21.2 Å². The minimum atomic E-state index is -3.66. The van der Waals surface area contributed by atoms with Crippen molar-refractivity contribution in [3.63, 3.8) is 0 Å². The summed E-state index contributed by atoms with van der Waals surface area (Å²) in [7, 11) is -3.66. The third-order valence-corrected chi connectivity index (χ3v) is 7.52. The molecule has 1 amide bonds. The number of para-hydroxylation sites is 1. The Balaban J connectivity index is 1.24. The van der Waals surface area contributed by atoms with Crippen molar-refractivity contribution in [2.24, 2.45) is 0 Å². The van der Waals surface area contributed by atoms with Gasteiger partial charge in [0.15, 0.2) is 6.61 Å². The summed E-state index contributed by atoms with van der Waals surface area (Å²) in [5.74, 6) is 0.126. The van der Waals surface area contributed by atoms with Crippen molar-refractivity contribution in [1.82, 2.24) is 0 Å². The number of hydrogen-bond acceptors (Lipinski definition) is 4. The summed E-state index contributed by atoms with van der Waals surface area (Å²) in [5.41, 5.74) is 2.47. The number of benzene rings is 4. The Labute approximate surface area is 192 Å². The van der Waals surface area contributed by atoms with Crippen LogP contribution in [0.4, 0.5) is 11.4 Å². The first-order valence-corrected chi connectivity index (χ1v) is 12.1. The summed E-state index contributed by atoms with van der Waals surface area (Å²) in [5, 5.41) is 4.86. The molecule has 1 N–H and O–H groups in total. The van der Waals surface area contributed by atoms with Crippen LogP contribution in [0.2, 0.25) is 0 Å². The van der Waals surface area contributed by atoms with Gasteiger partial charge in [0.05, 0.1) is 10.6 Å². The second kappa shape index (κ2) is 8.60. The molecule has 1 aliphatic heterocycles. The normalized spacial score (nSPS) is 13.0. The van der Waals surface area contributed by atoms with E-state index in [-0.39, 0.29) is 17.4 Å². The number of rotatable bonds is 6. The third-order valence-electron chi connectivity index (χ3n) is 5.69. The molecule has 0 unspecified atom stereocenters. The maximum atomic E-state index is 13.1. The number of anilines is 2. The Morgan fingerprint density at radius 1 is 0.879 bits per heavy atom. The van der Waals surface area contributed by atoms with Crippen molar-refractivity contribution in [3.8, 4) is 5.75 Å². The Bertz CT molecular complexity index is 1430. The van der Waals surface area contributed by atoms with Gasteiger partial charge < -0.3 is 10.1 Å². The van der Waals surface area contributed by atoms with Gasteiger partial charge in [-0.25, -0.2) is 8.42 Å². The van der Waals surface area contributed by atoms with Gasteiger partial charge in [0.2, 0.25) is 0 Å². The average molecular weight is 459 g/mol. The van der Waals surface area contributed by atoms with Gasteiger partial charge in [-0.2, -0.15) is 0 Å². The summed E-state index contributed by atoms with van der Waals surface area (Å²) in [6.07, 6.45) is 0.697. The number of ether oxygens (including phenoxy) is 1. The fraction of sp³-hybridized carbons (Fsp3) is 0.115. The molecule has 0 aromatic heterocycles. The highest BCUT2D eigenvalue weighted by atomic mass is 32.2. The van der Waals surface area contributed by atoms with Crippen LogP contribution in [0, 0.1) is 0 Å². The maximum absolute atomic E-state index is 13.1. The molecule has 166 valence electrons. The molecular formula is C26H22N2O4S. The van der Waals surface area contributed by atoms with Gasteiger partial charge in [0, 0.05) is 17.6 Å². The quantitative estimate of drug-likeness (QED) is 0.458. The molecule has 4 aromatic rings. The molecule has 7 heteroatoms. The fourth-order valence-electron chi connectivity index (χ4n) is 4.06. The zero-order valence-corrected chi connectivity index (χ0v) is 18.6. The van der Waals surface area contributed by atoms with Crippen LogP contribution < -0.4 is 14.4 Å². The van der Waals surface area contributed by atoms with Gasteiger partial charge in [-0.3, -0.25) is 9.10 Å². The Morgan fingerprint density at radius 2 is 1.61 bits per heavy atom. The topological polar surface area (TPSA) is 75.7 Å². The highest BCUT2D eigenvalue weighted by Crippen LogP contribution is 2.33. The van der Waals surface area contributed by atoms with Gasteiger partial charge in [-0.15, -0.1) is 0 Å². The van der Waals surface area contributed by atoms with Crippen molar-refractivity contribution in [2.45, 2.75) is 11.3 Å². The number of fused-ring (bicyclic) bond motifs is 2. The molecule has 0 spiro atoms. The summed E-state index contributed by atoms with van der Waals surface area (Å²) in [6, 6.07) is 27.2. The molecule has 33 heavy (non-hydrogen) atoms. The monoisotopic (exact) mass is 458 g/mol. The molecule has 0 aliphatic carbocycles. The van der Waals surface area contributed by atoms with Gasteiger partial charge in [-0.1, -0.05) is 54.6 Å². The molecule has 0 bridgehead atoms. The highest BCUT2D eigenvalue weighted by Gasteiger charge is 2.30. The van der Waals surface area contributed by atoms with Crippen LogP contribution in [0.5, 0.6) is 5.75 Å². The SMILES string of the molecule is O=C(COc1ccc(S(=O)(=O)N2CCc3ccccc32)cc1)Nc1cccc2ccccc12. The molecule has 6 nitrogen and oxygen atoms in total. The van der Waals surface area contributed by atoms with E-state index in [1.165, 1.54) is 16.4 Å². The number of nitrogens with zero attached hydrogens (tertiary/aromatic N) is 1. The van der Waals surface area contributed by atoms with Gasteiger partial charge in [-0.05, 0) is 53.8 Å². The van der Waals surface area contributed by atoms with Crippen molar-refractivity contribution < 1.29 is 17.9 Å². The number of amides is 1. The predicted octanol–water partition coefficient (Wildman–Crippen LogP) is 4.61. The van der Waals surface area contributed by atoms with E-state index in [9.17, 15) is 13.2 Å². The number of hydrogen-bond donors (Lipinski definition) is 1. The third kappa shape index (κ3) is 4.15. The minimum absolute atomic E-state index is 0.186. The van der Waals surface area contributed by atoms with Crippen LogP contribution in [0.3, 0.4) is 0 Å². The lowest BCUT2D eigenvalue weighted by molar-refractivity contribution is -0.118. The molecule has 0 radical (unpaired) electrons. The maximum Gasteiger partial charge on any atom is 0.264 e. The van der Waals surface area contributed by atoms with Gasteiger partial charge in [0.1, 0.15) is 5.75 Å². The molecule has 1 aliphatic rings. The molecular weight excluding hydrogens is 436 g/mol. The van der Waals surface area contributed by atoms with Crippen LogP contribution in [0.25, 0.3) is 10.8 Å². The Morgan fingerprint density at radius 3 is 2.45 bits per heavy atom. The molecule has 0 saturated carbocycles. The first kappa shape index (κ1) is 21.0. The molecule has 5 rings (SSSR count). The van der Waals surface area contributed by atoms with E-state index in [0.29, 0.717) is 24.4 Å². The van der Waals surface area contributed by atoms with Gasteiger partial charge in [0.25, 0.3) is 15.9 Å². The van der Waals surface area contributed by atoms with Crippen LogP contribution in [0.1, 0.15) is 5.56 Å². The zero-order valence-electron chi connectivity index (χ0n) is 17.8. The standard InChI is InChI=1S/C26H22N2O4S/c29-26(27-24-10-5-8-19-6-1-3-9-23(19)24)18-32-21-12-14-22(15-13-21)33(30,31)28-17-16-20-7-2-4-11-25(20)28/h1-15H,16-18H2,(H,27,29). The number of nitrogens with one attached hydrogen (secondary N) is 1. The molecule has 0 atom stereocenters. The van der Waals surface area contributed by atoms with E-state index in [2.05, 4.69) is 5.32 Å². The van der Waals surface area contributed by atoms with E-state index >= 15 is 0 Å². The van der Waals surface area contributed by atoms with Crippen molar-refractivity contribution >= 4 is 38.1 Å². The summed E-state index contributed by atoms with van der Waals surface area (Å²) >= 11 is 0. The van der Waals surface area contributed by atoms with E-state index in [1.54, 1.807) is 12.1 Å². The summed E-state index contributed by atoms with van der Waals surface area (Å²) in [4.78, 5) is 12.6. The van der Waals surface area contributed by atoms with Crippen molar-refractivity contribution in [3.05, 3.63) is 96.6 Å². The number of sulfonamides is 1. The first-order chi connectivity index (χ1) is 16.0. The zero-order chi connectivity index (χ0) is 22.8. The van der Waals surface area contributed by atoms with E-state index < -0.39 is 10.0 Å². The molecule has 4 aromatic carbocycles. The largest absolute Gasteiger partial charge is 0.484 e. The van der Waals surface area contributed by atoms with Gasteiger partial charge >= 0.3 is 0 Å². The van der Waals surface area contributed by atoms with E-state index in [1.807, 2.05) is 66.7 Å². The minimum Gasteiger partial charge on any atom is -0.484 e. The van der Waals surface area contributed by atoms with Crippen LogP contribution in [-0.4, -0.2) is 27.5 Å². The summed E-state index contributed by atoms with van der Waals surface area (Å²) < 4.78 is 33.2. The summed E-state index contributed by atoms with van der Waals surface area (Å²) in [6.45, 7) is 0.239. The first-order valence-electron chi connectivity index (χ1n) is 10.6. The second-order valence-corrected chi connectivity index (χ2v) is 9.65. The van der Waals surface area contributed by atoms with E-state index in [4.69, 9.17) is 4.74 Å². The molecule has 1 heterocycles.